The first-order valence-corrected chi connectivity index (χ1v) is 9.49. The topological polar surface area (TPSA) is 75.6 Å². The number of aromatic nitrogens is 4. The Kier molecular flexibility index (Phi) is 6.18. The average Bonchev–Trinajstić information content (AvgIpc) is 2.80. The van der Waals surface area contributed by atoms with Gasteiger partial charge in [-0.2, -0.15) is 0 Å². The van der Waals surface area contributed by atoms with Crippen molar-refractivity contribution in [3.05, 3.63) is 110 Å². The van der Waals surface area contributed by atoms with E-state index >= 15 is 0 Å². The van der Waals surface area contributed by atoms with Crippen molar-refractivity contribution < 1.29 is 0 Å². The number of benzene rings is 3. The Labute approximate surface area is 174 Å². The van der Waals surface area contributed by atoms with Crippen LogP contribution in [0.15, 0.2) is 110 Å². The number of rotatable bonds is 3. The first-order chi connectivity index (χ1) is 14.9. The maximum atomic E-state index is 4.61. The normalized spacial score (nSPS) is 10.0. The van der Waals surface area contributed by atoms with Crippen molar-refractivity contribution in [3.8, 4) is 0 Å². The Balaban J connectivity index is 1.86. The monoisotopic (exact) mass is 392 g/mol. The number of hydrogen-bond donors (Lipinski definition) is 2. The lowest BCUT2D eigenvalue weighted by Crippen LogP contribution is -2.08. The summed E-state index contributed by atoms with van der Waals surface area (Å²) in [5.41, 5.74) is 11.0. The van der Waals surface area contributed by atoms with E-state index in [1.54, 1.807) is 30.9 Å². The van der Waals surface area contributed by atoms with Crippen molar-refractivity contribution in [1.29, 1.82) is 0 Å². The molecule has 0 saturated heterocycles. The fourth-order valence-corrected chi connectivity index (χ4v) is 2.69. The molecular weight excluding hydrogens is 372 g/mol. The van der Waals surface area contributed by atoms with Crippen molar-refractivity contribution in [2.75, 3.05) is 10.9 Å². The van der Waals surface area contributed by atoms with Crippen LogP contribution < -0.4 is 10.9 Å². The van der Waals surface area contributed by atoms with Gasteiger partial charge in [0, 0.05) is 12.4 Å². The van der Waals surface area contributed by atoms with Crippen molar-refractivity contribution in [2.45, 2.75) is 0 Å². The zero-order valence-corrected chi connectivity index (χ0v) is 16.2. The van der Waals surface area contributed by atoms with E-state index in [4.69, 9.17) is 0 Å². The largest absolute Gasteiger partial charge is 0.301 e. The highest BCUT2D eigenvalue weighted by Crippen LogP contribution is 2.10. The number of hydrazine groups is 1. The van der Waals surface area contributed by atoms with E-state index in [1.807, 2.05) is 78.9 Å². The van der Waals surface area contributed by atoms with Gasteiger partial charge in [0.1, 0.15) is 0 Å². The third-order valence-corrected chi connectivity index (χ3v) is 4.17. The Morgan fingerprint density at radius 1 is 0.400 bits per heavy atom. The molecule has 0 atom stereocenters. The molecule has 2 N–H and O–H groups in total. The summed E-state index contributed by atoms with van der Waals surface area (Å²) in [6, 6.07) is 27.0. The van der Waals surface area contributed by atoms with Gasteiger partial charge in [0.05, 0.1) is 45.8 Å². The molecule has 0 aliphatic carbocycles. The van der Waals surface area contributed by atoms with Crippen LogP contribution in [0.3, 0.4) is 0 Å². The van der Waals surface area contributed by atoms with E-state index in [9.17, 15) is 0 Å². The van der Waals surface area contributed by atoms with Crippen LogP contribution in [0.2, 0.25) is 0 Å². The summed E-state index contributed by atoms with van der Waals surface area (Å²) in [5.74, 6) is 0. The maximum absolute atomic E-state index is 4.61. The third kappa shape index (κ3) is 5.14. The van der Waals surface area contributed by atoms with Crippen LogP contribution in [0, 0.1) is 0 Å². The molecule has 0 bridgehead atoms. The zero-order valence-electron chi connectivity index (χ0n) is 16.2. The number of anilines is 2. The number of nitrogens with zero attached hydrogens (tertiary/aromatic N) is 4. The standard InChI is InChI=1S/C24H20N6/c1-2-9-19(10-3-1)29-30-20-17-27-23-13-6-4-11-21(23)25-15-8-16-26-22-12-5-7-14-24(22)28-18-20/h1-18,29-30H. The molecule has 0 aliphatic rings. The lowest BCUT2D eigenvalue weighted by Gasteiger charge is -2.07. The average molecular weight is 392 g/mol. The van der Waals surface area contributed by atoms with Crippen LogP contribution >= 0.6 is 0 Å². The molecule has 0 spiro atoms. The Hall–Kier alpha value is -4.32. The third-order valence-electron chi connectivity index (χ3n) is 4.17. The van der Waals surface area contributed by atoms with Gasteiger partial charge >= 0.3 is 0 Å². The predicted molar refractivity (Wildman–Crippen MR) is 122 cm³/mol. The van der Waals surface area contributed by atoms with Gasteiger partial charge in [-0.1, -0.05) is 42.5 Å². The van der Waals surface area contributed by atoms with Gasteiger partial charge in [-0.15, -0.1) is 0 Å². The van der Waals surface area contributed by atoms with Gasteiger partial charge < -0.3 is 5.43 Å². The summed E-state index contributed by atoms with van der Waals surface area (Å²) in [6.07, 6.45) is 6.84. The van der Waals surface area contributed by atoms with Gasteiger partial charge in [0.15, 0.2) is 0 Å². The van der Waals surface area contributed by atoms with Gasteiger partial charge in [0.2, 0.25) is 0 Å². The van der Waals surface area contributed by atoms with Gasteiger partial charge in [-0.3, -0.25) is 25.4 Å². The van der Waals surface area contributed by atoms with Crippen molar-refractivity contribution in [2.24, 2.45) is 0 Å². The summed E-state index contributed by atoms with van der Waals surface area (Å²) in [6.45, 7) is 0. The summed E-state index contributed by atoms with van der Waals surface area (Å²) < 4.78 is 0. The van der Waals surface area contributed by atoms with Crippen molar-refractivity contribution in [3.63, 3.8) is 0 Å². The molecule has 6 heteroatoms. The molecule has 1 heterocycles. The fourth-order valence-electron chi connectivity index (χ4n) is 2.69. The highest BCUT2D eigenvalue weighted by molar-refractivity contribution is 5.73. The Morgan fingerprint density at radius 2 is 0.833 bits per heavy atom. The first-order valence-electron chi connectivity index (χ1n) is 9.49. The molecule has 4 rings (SSSR count). The molecule has 146 valence electrons. The smallest absolute Gasteiger partial charge is 0.0905 e. The maximum Gasteiger partial charge on any atom is 0.0905 e. The van der Waals surface area contributed by atoms with E-state index in [1.165, 1.54) is 0 Å². The summed E-state index contributed by atoms with van der Waals surface area (Å²) >= 11 is 0. The first kappa shape index (κ1) is 19.0. The molecule has 0 unspecified atom stereocenters. The molecule has 6 nitrogen and oxygen atoms in total. The summed E-state index contributed by atoms with van der Waals surface area (Å²) in [4.78, 5) is 18.2. The van der Waals surface area contributed by atoms with Crippen molar-refractivity contribution >= 4 is 33.4 Å². The van der Waals surface area contributed by atoms with Crippen LogP contribution in [0.5, 0.6) is 0 Å². The number of fused-ring (bicyclic) bond motifs is 2. The predicted octanol–water partition coefficient (Wildman–Crippen LogP) is 5.26. The minimum atomic E-state index is 0.681. The van der Waals surface area contributed by atoms with Gasteiger partial charge in [0.25, 0.3) is 0 Å². The lowest BCUT2D eigenvalue weighted by atomic mass is 10.3. The van der Waals surface area contributed by atoms with Crippen LogP contribution in [-0.4, -0.2) is 19.9 Å². The Morgan fingerprint density at radius 3 is 1.37 bits per heavy atom. The lowest BCUT2D eigenvalue weighted by molar-refractivity contribution is 1.30. The summed E-state index contributed by atoms with van der Waals surface area (Å²) in [7, 11) is 0. The molecule has 1 aromatic heterocycles. The zero-order chi connectivity index (χ0) is 20.4. The second-order valence-corrected chi connectivity index (χ2v) is 6.31. The number of hydrogen-bond acceptors (Lipinski definition) is 6. The van der Waals surface area contributed by atoms with Crippen molar-refractivity contribution in [1.82, 2.24) is 19.9 Å². The van der Waals surface area contributed by atoms with E-state index < -0.39 is 0 Å². The Bertz CT molecular complexity index is 1180. The molecule has 0 saturated carbocycles. The summed E-state index contributed by atoms with van der Waals surface area (Å²) in [5, 5.41) is 0. The quantitative estimate of drug-likeness (QED) is 0.463. The minimum absolute atomic E-state index is 0.681. The molecule has 4 aromatic rings. The number of para-hydroxylation sites is 5. The van der Waals surface area contributed by atoms with Gasteiger partial charge in [-0.25, -0.2) is 0 Å². The van der Waals surface area contributed by atoms with Crippen LogP contribution in [0.1, 0.15) is 0 Å². The number of nitrogens with one attached hydrogen (secondary N) is 2. The molecule has 3 aromatic carbocycles. The molecular formula is C24H20N6. The van der Waals surface area contributed by atoms with Gasteiger partial charge in [-0.05, 0) is 42.5 Å². The van der Waals surface area contributed by atoms with E-state index in [2.05, 4.69) is 30.8 Å². The highest BCUT2D eigenvalue weighted by Gasteiger charge is 1.93. The van der Waals surface area contributed by atoms with Crippen LogP contribution in [-0.2, 0) is 0 Å². The molecule has 0 fully saturated rings. The van der Waals surface area contributed by atoms with E-state index in [0.717, 1.165) is 27.8 Å². The fraction of sp³-hybridized carbons (Fsp3) is 0. The minimum Gasteiger partial charge on any atom is -0.301 e. The van der Waals surface area contributed by atoms with E-state index in [0.29, 0.717) is 5.69 Å². The van der Waals surface area contributed by atoms with Crippen LogP contribution in [0.4, 0.5) is 11.4 Å². The second kappa shape index (κ2) is 9.75. The van der Waals surface area contributed by atoms with E-state index in [-0.39, 0.29) is 0 Å². The molecule has 0 aliphatic heterocycles. The molecule has 0 radical (unpaired) electrons. The second-order valence-electron chi connectivity index (χ2n) is 6.31. The SMILES string of the molecule is c1ccc(NNc2cnc3ccccc3ncccnc3ccccc3nc2)cc1. The highest BCUT2D eigenvalue weighted by atomic mass is 15.4. The molecule has 30 heavy (non-hydrogen) atoms. The van der Waals surface area contributed by atoms with Crippen LogP contribution in [0.25, 0.3) is 22.1 Å². The molecule has 0 amide bonds.